The highest BCUT2D eigenvalue weighted by molar-refractivity contribution is 14.0. The molecule has 5 nitrogen and oxygen atoms in total. The SMILES string of the molecule is CCNC(=NCc1ccc(Cl)cc1Cl)NCC(C)(O)c1ccco1.I. The van der Waals surface area contributed by atoms with E-state index in [2.05, 4.69) is 15.6 Å². The molecule has 3 N–H and O–H groups in total. The minimum atomic E-state index is -1.14. The number of benzene rings is 1. The summed E-state index contributed by atoms with van der Waals surface area (Å²) >= 11 is 12.1. The summed E-state index contributed by atoms with van der Waals surface area (Å²) < 4.78 is 5.27. The van der Waals surface area contributed by atoms with Gasteiger partial charge in [0.2, 0.25) is 0 Å². The van der Waals surface area contributed by atoms with E-state index in [1.807, 2.05) is 13.0 Å². The van der Waals surface area contributed by atoms with E-state index in [4.69, 9.17) is 27.6 Å². The van der Waals surface area contributed by atoms with E-state index in [1.54, 1.807) is 31.2 Å². The fourth-order valence-corrected chi connectivity index (χ4v) is 2.55. The standard InChI is InChI=1S/C17H21Cl2N3O2.HI/c1-3-20-16(21-10-12-6-7-13(18)9-14(12)19)22-11-17(2,23)15-5-4-8-24-15;/h4-9,23H,3,10-11H2,1-2H3,(H2,20,21,22);1H. The number of guanidine groups is 1. The molecule has 138 valence electrons. The highest BCUT2D eigenvalue weighted by Gasteiger charge is 2.26. The summed E-state index contributed by atoms with van der Waals surface area (Å²) in [5, 5.41) is 17.9. The van der Waals surface area contributed by atoms with Crippen molar-refractivity contribution in [3.05, 3.63) is 58.0 Å². The molecule has 2 rings (SSSR count). The average Bonchev–Trinajstić information content (AvgIpc) is 3.07. The molecule has 0 bridgehead atoms. The maximum Gasteiger partial charge on any atom is 0.191 e. The lowest BCUT2D eigenvalue weighted by Gasteiger charge is -2.22. The van der Waals surface area contributed by atoms with Gasteiger partial charge in [-0.2, -0.15) is 0 Å². The molecular weight excluding hydrogens is 476 g/mol. The van der Waals surface area contributed by atoms with Gasteiger partial charge in [-0.3, -0.25) is 0 Å². The molecule has 1 heterocycles. The zero-order valence-electron chi connectivity index (χ0n) is 14.1. The third-order valence-corrected chi connectivity index (χ3v) is 4.01. The predicted molar refractivity (Wildman–Crippen MR) is 113 cm³/mol. The first-order valence-corrected chi connectivity index (χ1v) is 8.40. The second-order valence-electron chi connectivity index (χ2n) is 5.54. The quantitative estimate of drug-likeness (QED) is 0.318. The average molecular weight is 498 g/mol. The molecule has 1 atom stereocenters. The van der Waals surface area contributed by atoms with Crippen molar-refractivity contribution >= 4 is 53.1 Å². The highest BCUT2D eigenvalue weighted by Crippen LogP contribution is 2.22. The number of rotatable bonds is 6. The molecule has 0 fully saturated rings. The number of halogens is 3. The summed E-state index contributed by atoms with van der Waals surface area (Å²) in [6.45, 7) is 4.99. The van der Waals surface area contributed by atoms with Gasteiger partial charge in [-0.05, 0) is 43.7 Å². The number of hydrogen-bond acceptors (Lipinski definition) is 3. The molecule has 0 amide bonds. The molecule has 0 saturated carbocycles. The van der Waals surface area contributed by atoms with Gasteiger partial charge in [-0.1, -0.05) is 29.3 Å². The van der Waals surface area contributed by atoms with Crippen molar-refractivity contribution in [3.8, 4) is 0 Å². The number of aliphatic hydroxyl groups is 1. The van der Waals surface area contributed by atoms with Gasteiger partial charge in [0, 0.05) is 16.6 Å². The van der Waals surface area contributed by atoms with E-state index in [1.165, 1.54) is 6.26 Å². The molecule has 2 aromatic rings. The molecule has 1 unspecified atom stereocenters. The van der Waals surface area contributed by atoms with Crippen LogP contribution in [0.3, 0.4) is 0 Å². The Hall–Kier alpha value is -0.960. The van der Waals surface area contributed by atoms with Crippen molar-refractivity contribution < 1.29 is 9.52 Å². The summed E-state index contributed by atoms with van der Waals surface area (Å²) in [4.78, 5) is 4.48. The first-order valence-electron chi connectivity index (χ1n) is 7.65. The Morgan fingerprint density at radius 2 is 2.04 bits per heavy atom. The van der Waals surface area contributed by atoms with Gasteiger partial charge in [0.1, 0.15) is 11.4 Å². The molecule has 8 heteroatoms. The molecule has 1 aromatic carbocycles. The number of furan rings is 1. The Balaban J connectivity index is 0.00000312. The molecule has 0 saturated heterocycles. The molecule has 0 spiro atoms. The lowest BCUT2D eigenvalue weighted by molar-refractivity contribution is 0.0386. The maximum atomic E-state index is 10.5. The first kappa shape index (κ1) is 22.1. The Morgan fingerprint density at radius 3 is 2.64 bits per heavy atom. The van der Waals surface area contributed by atoms with E-state index in [-0.39, 0.29) is 30.5 Å². The summed E-state index contributed by atoms with van der Waals surface area (Å²) in [6, 6.07) is 8.79. The van der Waals surface area contributed by atoms with Crippen LogP contribution in [0, 0.1) is 0 Å². The van der Waals surface area contributed by atoms with E-state index < -0.39 is 5.60 Å². The van der Waals surface area contributed by atoms with Crippen molar-refractivity contribution in [2.45, 2.75) is 26.0 Å². The van der Waals surface area contributed by atoms with Crippen LogP contribution in [-0.4, -0.2) is 24.2 Å². The monoisotopic (exact) mass is 497 g/mol. The van der Waals surface area contributed by atoms with Crippen LogP contribution in [0.2, 0.25) is 10.0 Å². The van der Waals surface area contributed by atoms with Gasteiger partial charge < -0.3 is 20.2 Å². The van der Waals surface area contributed by atoms with Crippen LogP contribution < -0.4 is 10.6 Å². The van der Waals surface area contributed by atoms with E-state index in [0.29, 0.717) is 34.9 Å². The fraction of sp³-hybridized carbons (Fsp3) is 0.353. The Bertz CT molecular complexity index is 691. The molecular formula is C17H22Cl2IN3O2. The number of nitrogens with one attached hydrogen (secondary N) is 2. The Morgan fingerprint density at radius 1 is 1.28 bits per heavy atom. The van der Waals surface area contributed by atoms with Crippen LogP contribution >= 0.6 is 47.2 Å². The molecule has 0 aliphatic carbocycles. The Labute approximate surface area is 174 Å². The van der Waals surface area contributed by atoms with Crippen LogP contribution in [0.25, 0.3) is 0 Å². The van der Waals surface area contributed by atoms with Gasteiger partial charge >= 0.3 is 0 Å². The van der Waals surface area contributed by atoms with Crippen LogP contribution in [0.15, 0.2) is 46.0 Å². The molecule has 0 aliphatic heterocycles. The summed E-state index contributed by atoms with van der Waals surface area (Å²) in [6.07, 6.45) is 1.53. The van der Waals surface area contributed by atoms with Gasteiger partial charge in [-0.15, -0.1) is 24.0 Å². The van der Waals surface area contributed by atoms with Gasteiger partial charge in [0.05, 0.1) is 19.4 Å². The number of aliphatic imine (C=N–C) groups is 1. The number of hydrogen-bond donors (Lipinski definition) is 3. The van der Waals surface area contributed by atoms with Crippen molar-refractivity contribution in [3.63, 3.8) is 0 Å². The lowest BCUT2D eigenvalue weighted by atomic mass is 10.0. The third-order valence-electron chi connectivity index (χ3n) is 3.42. The molecule has 1 aromatic heterocycles. The van der Waals surface area contributed by atoms with Gasteiger partial charge in [-0.25, -0.2) is 4.99 Å². The van der Waals surface area contributed by atoms with Gasteiger partial charge in [0.15, 0.2) is 5.96 Å². The zero-order valence-corrected chi connectivity index (χ0v) is 17.9. The van der Waals surface area contributed by atoms with Crippen LogP contribution in [0.4, 0.5) is 0 Å². The summed E-state index contributed by atoms with van der Waals surface area (Å²) in [5.41, 5.74) is -0.270. The summed E-state index contributed by atoms with van der Waals surface area (Å²) in [5.74, 6) is 1.07. The number of nitrogens with zero attached hydrogens (tertiary/aromatic N) is 1. The smallest absolute Gasteiger partial charge is 0.191 e. The second-order valence-corrected chi connectivity index (χ2v) is 6.38. The maximum absolute atomic E-state index is 10.5. The summed E-state index contributed by atoms with van der Waals surface area (Å²) in [7, 11) is 0. The second kappa shape index (κ2) is 10.3. The molecule has 0 radical (unpaired) electrons. The van der Waals surface area contributed by atoms with Crippen molar-refractivity contribution in [1.29, 1.82) is 0 Å². The predicted octanol–water partition coefficient (Wildman–Crippen LogP) is 4.17. The van der Waals surface area contributed by atoms with Crippen LogP contribution in [-0.2, 0) is 12.1 Å². The topological polar surface area (TPSA) is 69.8 Å². The normalized spacial score (nSPS) is 13.7. The third kappa shape index (κ3) is 6.69. The Kier molecular flexibility index (Phi) is 9.06. The van der Waals surface area contributed by atoms with Crippen molar-refractivity contribution in [2.75, 3.05) is 13.1 Å². The largest absolute Gasteiger partial charge is 0.466 e. The molecule has 25 heavy (non-hydrogen) atoms. The minimum Gasteiger partial charge on any atom is -0.466 e. The zero-order chi connectivity index (χ0) is 17.6. The van der Waals surface area contributed by atoms with E-state index in [0.717, 1.165) is 5.56 Å². The van der Waals surface area contributed by atoms with Crippen LogP contribution in [0.1, 0.15) is 25.2 Å². The lowest BCUT2D eigenvalue weighted by Crippen LogP contribution is -2.44. The minimum absolute atomic E-state index is 0. The van der Waals surface area contributed by atoms with E-state index in [9.17, 15) is 5.11 Å². The van der Waals surface area contributed by atoms with E-state index >= 15 is 0 Å². The van der Waals surface area contributed by atoms with Crippen LogP contribution in [0.5, 0.6) is 0 Å². The fourth-order valence-electron chi connectivity index (χ4n) is 2.08. The van der Waals surface area contributed by atoms with Crippen molar-refractivity contribution in [2.24, 2.45) is 4.99 Å². The van der Waals surface area contributed by atoms with Gasteiger partial charge in [0.25, 0.3) is 0 Å². The highest BCUT2D eigenvalue weighted by atomic mass is 127. The molecule has 0 aliphatic rings. The van der Waals surface area contributed by atoms with Crippen molar-refractivity contribution in [1.82, 2.24) is 10.6 Å². The first-order chi connectivity index (χ1) is 11.4.